The minimum absolute atomic E-state index is 0.0642. The number of hydrogen-bond acceptors (Lipinski definition) is 4. The fourth-order valence-corrected chi connectivity index (χ4v) is 1.78. The molecule has 16 heavy (non-hydrogen) atoms. The Morgan fingerprint density at radius 1 is 1.44 bits per heavy atom. The molecule has 2 heterocycles. The molecule has 5 heteroatoms. The summed E-state index contributed by atoms with van der Waals surface area (Å²) in [5.74, 6) is 1.40. The number of piperazine rings is 1. The topological polar surface area (TPSA) is 56.7 Å². The summed E-state index contributed by atoms with van der Waals surface area (Å²) in [6.45, 7) is 7.05. The highest BCUT2D eigenvalue weighted by molar-refractivity contribution is 5.88. The molecule has 5 nitrogen and oxygen atoms in total. The molecule has 0 aromatic heterocycles. The van der Waals surface area contributed by atoms with E-state index in [0.29, 0.717) is 19.0 Å². The number of rotatable bonds is 1. The predicted molar refractivity (Wildman–Crippen MR) is 62.9 cm³/mol. The third-order valence-electron chi connectivity index (χ3n) is 2.88. The van der Waals surface area contributed by atoms with Crippen LogP contribution in [-0.4, -0.2) is 42.9 Å². The van der Waals surface area contributed by atoms with E-state index < -0.39 is 0 Å². The van der Waals surface area contributed by atoms with Crippen molar-refractivity contribution in [1.29, 1.82) is 0 Å². The second-order valence-corrected chi connectivity index (χ2v) is 4.44. The zero-order chi connectivity index (χ0) is 11.5. The van der Waals surface area contributed by atoms with Crippen LogP contribution in [0.5, 0.6) is 0 Å². The summed E-state index contributed by atoms with van der Waals surface area (Å²) in [5.41, 5.74) is 1.30. The van der Waals surface area contributed by atoms with Crippen molar-refractivity contribution < 1.29 is 4.79 Å². The molecule has 2 aliphatic rings. The van der Waals surface area contributed by atoms with Gasteiger partial charge in [-0.25, -0.2) is 4.99 Å². The predicted octanol–water partition coefficient (Wildman–Crippen LogP) is -0.0827. The summed E-state index contributed by atoms with van der Waals surface area (Å²) in [6.07, 6.45) is 1.92. The standard InChI is InChI=1S/C11H18N4O/c1-8(2)9-5-13-11(14-6-9)15-4-3-12-10(16)7-15/h5,8H,3-4,6-7H2,1-2H3,(H,12,16)(H,13,14). The molecule has 1 fully saturated rings. The quantitative estimate of drug-likeness (QED) is 0.652. The largest absolute Gasteiger partial charge is 0.353 e. The Bertz CT molecular complexity index is 346. The Balaban J connectivity index is 2.03. The number of nitrogens with one attached hydrogen (secondary N) is 2. The van der Waals surface area contributed by atoms with Gasteiger partial charge in [-0.3, -0.25) is 4.79 Å². The van der Waals surface area contributed by atoms with Gasteiger partial charge in [-0.1, -0.05) is 13.8 Å². The zero-order valence-electron chi connectivity index (χ0n) is 9.79. The average molecular weight is 222 g/mol. The average Bonchev–Trinajstić information content (AvgIpc) is 2.29. The molecule has 1 saturated heterocycles. The van der Waals surface area contributed by atoms with E-state index in [1.54, 1.807) is 0 Å². The first-order chi connectivity index (χ1) is 7.66. The van der Waals surface area contributed by atoms with Gasteiger partial charge in [0.2, 0.25) is 5.91 Å². The molecule has 0 aliphatic carbocycles. The van der Waals surface area contributed by atoms with E-state index in [2.05, 4.69) is 29.5 Å². The Labute approximate surface area is 95.6 Å². The summed E-state index contributed by atoms with van der Waals surface area (Å²) < 4.78 is 0. The van der Waals surface area contributed by atoms with Crippen LogP contribution in [0.15, 0.2) is 16.8 Å². The van der Waals surface area contributed by atoms with Crippen LogP contribution in [0.4, 0.5) is 0 Å². The number of hydrogen-bond donors (Lipinski definition) is 2. The van der Waals surface area contributed by atoms with E-state index in [4.69, 9.17) is 0 Å². The molecule has 0 unspecified atom stereocenters. The molecule has 2 rings (SSSR count). The fourth-order valence-electron chi connectivity index (χ4n) is 1.78. The maximum atomic E-state index is 11.2. The number of carbonyl (C=O) groups is 1. The molecule has 0 saturated carbocycles. The smallest absolute Gasteiger partial charge is 0.239 e. The van der Waals surface area contributed by atoms with E-state index in [-0.39, 0.29) is 5.91 Å². The van der Waals surface area contributed by atoms with Gasteiger partial charge in [0.1, 0.15) is 0 Å². The van der Waals surface area contributed by atoms with Gasteiger partial charge in [-0.15, -0.1) is 0 Å². The van der Waals surface area contributed by atoms with Crippen molar-refractivity contribution in [3.05, 3.63) is 11.8 Å². The Morgan fingerprint density at radius 3 is 2.81 bits per heavy atom. The van der Waals surface area contributed by atoms with Crippen LogP contribution in [0, 0.1) is 5.92 Å². The number of guanidine groups is 1. The molecule has 2 N–H and O–H groups in total. The molecule has 1 amide bonds. The van der Waals surface area contributed by atoms with Gasteiger partial charge in [0, 0.05) is 25.8 Å². The lowest BCUT2D eigenvalue weighted by Crippen LogP contribution is -2.54. The molecule has 0 spiro atoms. The van der Waals surface area contributed by atoms with Crippen molar-refractivity contribution in [3.8, 4) is 0 Å². The first-order valence-electron chi connectivity index (χ1n) is 5.69. The molecule has 0 aromatic carbocycles. The molecule has 88 valence electrons. The van der Waals surface area contributed by atoms with Gasteiger partial charge < -0.3 is 15.5 Å². The molecular formula is C11H18N4O. The number of aliphatic imine (C=N–C) groups is 1. The SMILES string of the molecule is CC(C)C1=CN=C(N2CCNC(=O)C2)NC1. The lowest BCUT2D eigenvalue weighted by atomic mass is 10.0. The van der Waals surface area contributed by atoms with Crippen molar-refractivity contribution in [2.45, 2.75) is 13.8 Å². The van der Waals surface area contributed by atoms with Crippen molar-refractivity contribution in [3.63, 3.8) is 0 Å². The van der Waals surface area contributed by atoms with Gasteiger partial charge in [0.05, 0.1) is 6.54 Å². The number of nitrogens with zero attached hydrogens (tertiary/aromatic N) is 2. The minimum Gasteiger partial charge on any atom is -0.353 e. The van der Waals surface area contributed by atoms with Crippen LogP contribution in [0.3, 0.4) is 0 Å². The summed E-state index contributed by atoms with van der Waals surface area (Å²) >= 11 is 0. The van der Waals surface area contributed by atoms with E-state index in [1.165, 1.54) is 5.57 Å². The molecule has 2 aliphatic heterocycles. The summed E-state index contributed by atoms with van der Waals surface area (Å²) in [6, 6.07) is 0. The van der Waals surface area contributed by atoms with E-state index in [1.807, 2.05) is 11.1 Å². The van der Waals surface area contributed by atoms with Crippen LogP contribution >= 0.6 is 0 Å². The van der Waals surface area contributed by atoms with Crippen molar-refractivity contribution in [2.75, 3.05) is 26.2 Å². The van der Waals surface area contributed by atoms with Crippen LogP contribution in [0.2, 0.25) is 0 Å². The minimum atomic E-state index is 0.0642. The highest BCUT2D eigenvalue weighted by Crippen LogP contribution is 2.11. The van der Waals surface area contributed by atoms with E-state index in [9.17, 15) is 4.79 Å². The summed E-state index contributed by atoms with van der Waals surface area (Å²) in [4.78, 5) is 17.6. The van der Waals surface area contributed by atoms with Gasteiger partial charge in [0.25, 0.3) is 0 Å². The van der Waals surface area contributed by atoms with Crippen LogP contribution in [0.1, 0.15) is 13.8 Å². The lowest BCUT2D eigenvalue weighted by Gasteiger charge is -2.31. The summed E-state index contributed by atoms with van der Waals surface area (Å²) in [7, 11) is 0. The van der Waals surface area contributed by atoms with Crippen molar-refractivity contribution in [1.82, 2.24) is 15.5 Å². The first kappa shape index (κ1) is 11.0. The molecule has 0 atom stereocenters. The maximum absolute atomic E-state index is 11.2. The number of amides is 1. The van der Waals surface area contributed by atoms with Crippen LogP contribution in [0.25, 0.3) is 0 Å². The van der Waals surface area contributed by atoms with Crippen molar-refractivity contribution >= 4 is 11.9 Å². The summed E-state index contributed by atoms with van der Waals surface area (Å²) in [5, 5.41) is 6.07. The highest BCUT2D eigenvalue weighted by Gasteiger charge is 2.21. The maximum Gasteiger partial charge on any atom is 0.239 e. The van der Waals surface area contributed by atoms with Gasteiger partial charge in [-0.2, -0.15) is 0 Å². The number of carbonyl (C=O) groups excluding carboxylic acids is 1. The van der Waals surface area contributed by atoms with E-state index in [0.717, 1.165) is 19.0 Å². The fraction of sp³-hybridized carbons (Fsp3) is 0.636. The molecule has 0 aromatic rings. The third-order valence-corrected chi connectivity index (χ3v) is 2.88. The Hall–Kier alpha value is -1.52. The highest BCUT2D eigenvalue weighted by atomic mass is 16.2. The Morgan fingerprint density at radius 2 is 2.25 bits per heavy atom. The lowest BCUT2D eigenvalue weighted by molar-refractivity contribution is -0.122. The Kier molecular flexibility index (Phi) is 3.12. The molecule has 0 bridgehead atoms. The van der Waals surface area contributed by atoms with E-state index >= 15 is 0 Å². The third kappa shape index (κ3) is 2.35. The van der Waals surface area contributed by atoms with Crippen molar-refractivity contribution in [2.24, 2.45) is 10.9 Å². The monoisotopic (exact) mass is 222 g/mol. The second kappa shape index (κ2) is 4.55. The van der Waals surface area contributed by atoms with Crippen LogP contribution < -0.4 is 10.6 Å². The van der Waals surface area contributed by atoms with Gasteiger partial charge >= 0.3 is 0 Å². The second-order valence-electron chi connectivity index (χ2n) is 4.44. The molecule has 0 radical (unpaired) electrons. The zero-order valence-corrected chi connectivity index (χ0v) is 9.79. The molecular weight excluding hydrogens is 204 g/mol. The normalized spacial score (nSPS) is 21.2. The van der Waals surface area contributed by atoms with Crippen LogP contribution in [-0.2, 0) is 4.79 Å². The first-order valence-corrected chi connectivity index (χ1v) is 5.69. The van der Waals surface area contributed by atoms with Gasteiger partial charge in [-0.05, 0) is 11.5 Å². The van der Waals surface area contributed by atoms with Gasteiger partial charge in [0.15, 0.2) is 5.96 Å².